The molecule has 1 aliphatic heterocycles. The fourth-order valence-electron chi connectivity index (χ4n) is 4.34. The predicted molar refractivity (Wildman–Crippen MR) is 151 cm³/mol. The summed E-state index contributed by atoms with van der Waals surface area (Å²) in [5.41, 5.74) is 3.03. The first-order valence-corrected chi connectivity index (χ1v) is 13.2. The second-order valence-corrected chi connectivity index (χ2v) is 9.28. The molecule has 40 heavy (non-hydrogen) atoms. The Morgan fingerprint density at radius 3 is 1.52 bits per heavy atom. The summed E-state index contributed by atoms with van der Waals surface area (Å²) in [7, 11) is 4.93. The molecule has 0 amide bonds. The molecule has 1 fully saturated rings. The van der Waals surface area contributed by atoms with Crippen LogP contribution in [0.25, 0.3) is 0 Å². The van der Waals surface area contributed by atoms with Crippen LogP contribution in [0.4, 0.5) is 0 Å². The SMILES string of the molecule is C=CCOC1O[C@H](COCc2ccc(OC)cc2)[C@@H](OCc2ccc(OC)cc2)[C@H]1OCc1ccc(OC)cc1. The van der Waals surface area contributed by atoms with Crippen LogP contribution >= 0.6 is 0 Å². The molecule has 3 aromatic carbocycles. The van der Waals surface area contributed by atoms with Gasteiger partial charge in [0.2, 0.25) is 0 Å². The highest BCUT2D eigenvalue weighted by Crippen LogP contribution is 2.30. The Morgan fingerprint density at radius 2 is 1.07 bits per heavy atom. The van der Waals surface area contributed by atoms with Gasteiger partial charge in [-0.1, -0.05) is 42.5 Å². The van der Waals surface area contributed by atoms with Crippen molar-refractivity contribution in [1.82, 2.24) is 0 Å². The van der Waals surface area contributed by atoms with Gasteiger partial charge in [0.15, 0.2) is 6.29 Å². The zero-order chi connectivity index (χ0) is 28.2. The van der Waals surface area contributed by atoms with Gasteiger partial charge in [-0.15, -0.1) is 6.58 Å². The van der Waals surface area contributed by atoms with Crippen LogP contribution in [0.15, 0.2) is 85.5 Å². The third-order valence-electron chi connectivity index (χ3n) is 6.56. The fraction of sp³-hybridized carbons (Fsp3) is 0.375. The molecule has 8 heteroatoms. The van der Waals surface area contributed by atoms with Crippen molar-refractivity contribution in [2.75, 3.05) is 34.5 Å². The fourth-order valence-corrected chi connectivity index (χ4v) is 4.34. The van der Waals surface area contributed by atoms with Crippen molar-refractivity contribution in [3.05, 3.63) is 102 Å². The molecule has 0 bridgehead atoms. The van der Waals surface area contributed by atoms with Crippen molar-refractivity contribution in [3.8, 4) is 17.2 Å². The molecule has 1 aliphatic rings. The maximum Gasteiger partial charge on any atom is 0.187 e. The van der Waals surface area contributed by atoms with Gasteiger partial charge in [0.1, 0.15) is 35.6 Å². The molecular weight excluding hydrogens is 512 g/mol. The standard InChI is InChI=1S/C32H38O8/c1-5-18-37-32-31(39-21-25-10-16-28(35-4)17-11-25)30(38-20-24-8-14-27(34-3)15-9-24)29(40-32)22-36-19-23-6-12-26(33-2)13-7-23/h5-17,29-32H,1,18-22H2,2-4H3/t29-,30-,31-,32?/m1/s1. The summed E-state index contributed by atoms with van der Waals surface area (Å²) in [5, 5.41) is 0. The first-order valence-electron chi connectivity index (χ1n) is 13.2. The summed E-state index contributed by atoms with van der Waals surface area (Å²) in [5.74, 6) is 2.38. The molecule has 1 heterocycles. The second-order valence-electron chi connectivity index (χ2n) is 9.28. The van der Waals surface area contributed by atoms with E-state index < -0.39 is 24.6 Å². The van der Waals surface area contributed by atoms with E-state index in [2.05, 4.69) is 6.58 Å². The lowest BCUT2D eigenvalue weighted by Crippen LogP contribution is -2.39. The largest absolute Gasteiger partial charge is 0.497 e. The van der Waals surface area contributed by atoms with Gasteiger partial charge in [-0.3, -0.25) is 0 Å². The molecule has 0 aliphatic carbocycles. The number of hydrogen-bond donors (Lipinski definition) is 0. The molecule has 4 atom stereocenters. The lowest BCUT2D eigenvalue weighted by atomic mass is 10.1. The Kier molecular flexibility index (Phi) is 11.4. The third kappa shape index (κ3) is 8.30. The summed E-state index contributed by atoms with van der Waals surface area (Å²) in [4.78, 5) is 0. The van der Waals surface area contributed by atoms with Gasteiger partial charge in [-0.2, -0.15) is 0 Å². The van der Waals surface area contributed by atoms with Crippen LogP contribution in [0.5, 0.6) is 17.2 Å². The first-order chi connectivity index (χ1) is 19.6. The minimum atomic E-state index is -0.647. The first kappa shape index (κ1) is 29.6. The summed E-state index contributed by atoms with van der Waals surface area (Å²) in [6, 6.07) is 23.3. The van der Waals surface area contributed by atoms with Crippen molar-refractivity contribution < 1.29 is 37.9 Å². The number of benzene rings is 3. The molecule has 0 radical (unpaired) electrons. The second kappa shape index (κ2) is 15.4. The average Bonchev–Trinajstić information content (AvgIpc) is 3.34. The summed E-state index contributed by atoms with van der Waals surface area (Å²) in [6.07, 6.45) is -0.301. The number of methoxy groups -OCH3 is 3. The van der Waals surface area contributed by atoms with E-state index in [4.69, 9.17) is 37.9 Å². The molecule has 3 aromatic rings. The third-order valence-corrected chi connectivity index (χ3v) is 6.56. The zero-order valence-corrected chi connectivity index (χ0v) is 23.3. The van der Waals surface area contributed by atoms with Crippen LogP contribution in [-0.2, 0) is 43.5 Å². The number of ether oxygens (including phenoxy) is 8. The Balaban J connectivity index is 1.46. The summed E-state index contributed by atoms with van der Waals surface area (Å²) < 4.78 is 47.0. The Hall–Kier alpha value is -3.40. The van der Waals surface area contributed by atoms with Gasteiger partial charge in [-0.05, 0) is 53.1 Å². The van der Waals surface area contributed by atoms with Crippen LogP contribution in [0.3, 0.4) is 0 Å². The highest BCUT2D eigenvalue weighted by molar-refractivity contribution is 5.28. The van der Waals surface area contributed by atoms with Crippen molar-refractivity contribution in [2.24, 2.45) is 0 Å². The normalized spacial score (nSPS) is 20.3. The van der Waals surface area contributed by atoms with Gasteiger partial charge < -0.3 is 37.9 Å². The average molecular weight is 551 g/mol. The van der Waals surface area contributed by atoms with Gasteiger partial charge in [0.05, 0.1) is 54.4 Å². The quantitative estimate of drug-likeness (QED) is 0.222. The monoisotopic (exact) mass is 550 g/mol. The van der Waals surface area contributed by atoms with E-state index in [1.807, 2.05) is 72.8 Å². The minimum absolute atomic E-state index is 0.301. The van der Waals surface area contributed by atoms with E-state index >= 15 is 0 Å². The van der Waals surface area contributed by atoms with Gasteiger partial charge in [-0.25, -0.2) is 0 Å². The van der Waals surface area contributed by atoms with E-state index in [9.17, 15) is 0 Å². The molecule has 8 nitrogen and oxygen atoms in total. The number of hydrogen-bond acceptors (Lipinski definition) is 8. The van der Waals surface area contributed by atoms with Crippen LogP contribution in [0.2, 0.25) is 0 Å². The molecule has 0 saturated carbocycles. The van der Waals surface area contributed by atoms with Crippen LogP contribution in [0, 0.1) is 0 Å². The van der Waals surface area contributed by atoms with Crippen molar-refractivity contribution in [1.29, 1.82) is 0 Å². The molecule has 0 aromatic heterocycles. The Morgan fingerprint density at radius 1 is 0.625 bits per heavy atom. The van der Waals surface area contributed by atoms with Crippen LogP contribution < -0.4 is 14.2 Å². The maximum atomic E-state index is 6.44. The van der Waals surface area contributed by atoms with Crippen LogP contribution in [0.1, 0.15) is 16.7 Å². The van der Waals surface area contributed by atoms with E-state index in [0.29, 0.717) is 33.0 Å². The Labute approximate surface area is 236 Å². The van der Waals surface area contributed by atoms with Gasteiger partial charge in [0, 0.05) is 0 Å². The van der Waals surface area contributed by atoms with Crippen molar-refractivity contribution >= 4 is 0 Å². The summed E-state index contributed by atoms with van der Waals surface area (Å²) in [6.45, 7) is 5.53. The van der Waals surface area contributed by atoms with E-state index in [-0.39, 0.29) is 0 Å². The van der Waals surface area contributed by atoms with Crippen molar-refractivity contribution in [2.45, 2.75) is 44.4 Å². The molecular formula is C32H38O8. The van der Waals surface area contributed by atoms with Crippen molar-refractivity contribution in [3.63, 3.8) is 0 Å². The Bertz CT molecular complexity index is 1150. The van der Waals surface area contributed by atoms with Crippen LogP contribution in [-0.4, -0.2) is 59.1 Å². The molecule has 4 rings (SSSR count). The zero-order valence-electron chi connectivity index (χ0n) is 23.3. The highest BCUT2D eigenvalue weighted by Gasteiger charge is 2.47. The molecule has 0 spiro atoms. The molecule has 1 saturated heterocycles. The summed E-state index contributed by atoms with van der Waals surface area (Å²) >= 11 is 0. The predicted octanol–water partition coefficient (Wildman–Crippen LogP) is 5.33. The molecule has 1 unspecified atom stereocenters. The highest BCUT2D eigenvalue weighted by atomic mass is 16.7. The minimum Gasteiger partial charge on any atom is -0.497 e. The molecule has 0 N–H and O–H groups in total. The van der Waals surface area contributed by atoms with Gasteiger partial charge >= 0.3 is 0 Å². The van der Waals surface area contributed by atoms with E-state index in [1.165, 1.54) is 0 Å². The lowest BCUT2D eigenvalue weighted by molar-refractivity contribution is -0.179. The van der Waals surface area contributed by atoms with E-state index in [1.54, 1.807) is 27.4 Å². The molecule has 214 valence electrons. The van der Waals surface area contributed by atoms with E-state index in [0.717, 1.165) is 33.9 Å². The van der Waals surface area contributed by atoms with Gasteiger partial charge in [0.25, 0.3) is 0 Å². The smallest absolute Gasteiger partial charge is 0.187 e. The number of rotatable bonds is 16. The maximum absolute atomic E-state index is 6.44. The lowest BCUT2D eigenvalue weighted by Gasteiger charge is -2.25. The topological polar surface area (TPSA) is 73.8 Å².